The molecule has 0 radical (unpaired) electrons. The van der Waals surface area contributed by atoms with E-state index in [2.05, 4.69) is 10.2 Å². The minimum absolute atomic E-state index is 0.260. The molecule has 0 spiro atoms. The summed E-state index contributed by atoms with van der Waals surface area (Å²) in [6.45, 7) is 3.74. The average Bonchev–Trinajstić information content (AvgIpc) is 2.53. The predicted molar refractivity (Wildman–Crippen MR) is 83.8 cm³/mol. The van der Waals surface area contributed by atoms with Crippen LogP contribution >= 0.6 is 0 Å². The number of rotatable bonds is 4. The molecule has 0 aliphatic heterocycles. The molecular formula is C17H17FN2O. The highest BCUT2D eigenvalue weighted by Crippen LogP contribution is 2.12. The number of hydrogen-bond donors (Lipinski definition) is 0. The fourth-order valence-corrected chi connectivity index (χ4v) is 1.79. The standard InChI is InChI=1S/C17H17FN2O/c1-12(14-4-8-16(18)9-5-14)19-20-13(2)15-6-10-17(21-3)11-7-15/h4-11H,1-3H3/b19-12+,20-13+. The monoisotopic (exact) mass is 284 g/mol. The van der Waals surface area contributed by atoms with Gasteiger partial charge in [0.2, 0.25) is 0 Å². The van der Waals surface area contributed by atoms with E-state index in [1.807, 2.05) is 38.1 Å². The number of nitrogens with zero attached hydrogens (tertiary/aromatic N) is 2. The number of halogens is 1. The van der Waals surface area contributed by atoms with Crippen molar-refractivity contribution in [2.24, 2.45) is 10.2 Å². The van der Waals surface area contributed by atoms with Gasteiger partial charge < -0.3 is 4.74 Å². The Balaban J connectivity index is 2.17. The molecule has 0 saturated carbocycles. The lowest BCUT2D eigenvalue weighted by molar-refractivity contribution is 0.415. The minimum atomic E-state index is -0.260. The van der Waals surface area contributed by atoms with Crippen molar-refractivity contribution in [2.45, 2.75) is 13.8 Å². The molecule has 2 rings (SSSR count). The summed E-state index contributed by atoms with van der Waals surface area (Å²) in [5.41, 5.74) is 3.37. The van der Waals surface area contributed by atoms with Gasteiger partial charge >= 0.3 is 0 Å². The van der Waals surface area contributed by atoms with Crippen LogP contribution in [0.1, 0.15) is 25.0 Å². The highest BCUT2D eigenvalue weighted by atomic mass is 19.1. The van der Waals surface area contributed by atoms with Crippen LogP contribution in [0.2, 0.25) is 0 Å². The SMILES string of the molecule is COc1ccc(/C(C)=N/N=C(\C)c2ccc(F)cc2)cc1. The summed E-state index contributed by atoms with van der Waals surface area (Å²) in [6, 6.07) is 13.8. The third-order valence-corrected chi connectivity index (χ3v) is 3.12. The maximum absolute atomic E-state index is 12.9. The number of benzene rings is 2. The van der Waals surface area contributed by atoms with Crippen LogP contribution in [-0.2, 0) is 0 Å². The van der Waals surface area contributed by atoms with Crippen molar-refractivity contribution in [3.05, 3.63) is 65.5 Å². The molecule has 0 saturated heterocycles. The van der Waals surface area contributed by atoms with Crippen molar-refractivity contribution in [1.29, 1.82) is 0 Å². The highest BCUT2D eigenvalue weighted by molar-refractivity contribution is 6.01. The van der Waals surface area contributed by atoms with Crippen LogP contribution in [0.25, 0.3) is 0 Å². The Kier molecular flexibility index (Phi) is 4.82. The lowest BCUT2D eigenvalue weighted by atomic mass is 10.1. The smallest absolute Gasteiger partial charge is 0.123 e. The number of methoxy groups -OCH3 is 1. The molecule has 0 atom stereocenters. The first kappa shape index (κ1) is 14.9. The average molecular weight is 284 g/mol. The van der Waals surface area contributed by atoms with Gasteiger partial charge in [0, 0.05) is 0 Å². The summed E-state index contributed by atoms with van der Waals surface area (Å²) in [7, 11) is 1.63. The van der Waals surface area contributed by atoms with Crippen molar-refractivity contribution >= 4 is 11.4 Å². The Morgan fingerprint density at radius 3 is 1.67 bits per heavy atom. The van der Waals surface area contributed by atoms with E-state index in [1.54, 1.807) is 19.2 Å². The first-order chi connectivity index (χ1) is 10.1. The molecule has 0 bridgehead atoms. The normalized spacial score (nSPS) is 12.4. The Bertz CT molecular complexity index is 658. The molecule has 0 unspecified atom stereocenters. The molecule has 0 fully saturated rings. The van der Waals surface area contributed by atoms with E-state index in [0.29, 0.717) is 0 Å². The van der Waals surface area contributed by atoms with Crippen LogP contribution < -0.4 is 4.74 Å². The summed E-state index contributed by atoms with van der Waals surface area (Å²) in [6.07, 6.45) is 0. The third kappa shape index (κ3) is 3.99. The van der Waals surface area contributed by atoms with Gasteiger partial charge in [0.15, 0.2) is 0 Å². The summed E-state index contributed by atoms with van der Waals surface area (Å²) in [5.74, 6) is 0.544. The highest BCUT2D eigenvalue weighted by Gasteiger charge is 2.00. The molecule has 3 nitrogen and oxygen atoms in total. The molecule has 108 valence electrons. The molecule has 21 heavy (non-hydrogen) atoms. The molecular weight excluding hydrogens is 267 g/mol. The second-order valence-corrected chi connectivity index (χ2v) is 4.61. The van der Waals surface area contributed by atoms with Gasteiger partial charge in [-0.3, -0.25) is 0 Å². The van der Waals surface area contributed by atoms with Crippen LogP contribution in [0, 0.1) is 5.82 Å². The lowest BCUT2D eigenvalue weighted by Crippen LogP contribution is -1.97. The predicted octanol–water partition coefficient (Wildman–Crippen LogP) is 4.07. The van der Waals surface area contributed by atoms with Crippen LogP contribution in [-0.4, -0.2) is 18.5 Å². The van der Waals surface area contributed by atoms with E-state index in [-0.39, 0.29) is 5.82 Å². The molecule has 0 N–H and O–H groups in total. The summed E-state index contributed by atoms with van der Waals surface area (Å²) in [5, 5.41) is 8.41. The quantitative estimate of drug-likeness (QED) is 0.615. The fourth-order valence-electron chi connectivity index (χ4n) is 1.79. The Morgan fingerprint density at radius 1 is 0.810 bits per heavy atom. The molecule has 2 aromatic carbocycles. The van der Waals surface area contributed by atoms with Gasteiger partial charge in [-0.1, -0.05) is 12.1 Å². The van der Waals surface area contributed by atoms with E-state index in [9.17, 15) is 4.39 Å². The zero-order valence-corrected chi connectivity index (χ0v) is 12.3. The first-order valence-corrected chi connectivity index (χ1v) is 6.59. The minimum Gasteiger partial charge on any atom is -0.497 e. The molecule has 0 aromatic heterocycles. The van der Waals surface area contributed by atoms with Gasteiger partial charge in [0.25, 0.3) is 0 Å². The molecule has 2 aromatic rings. The van der Waals surface area contributed by atoms with Crippen LogP contribution in [0.4, 0.5) is 4.39 Å². The molecule has 0 amide bonds. The Morgan fingerprint density at radius 2 is 1.24 bits per heavy atom. The van der Waals surface area contributed by atoms with Crippen molar-refractivity contribution in [1.82, 2.24) is 0 Å². The van der Waals surface area contributed by atoms with Crippen molar-refractivity contribution in [2.75, 3.05) is 7.11 Å². The molecule has 4 heteroatoms. The maximum atomic E-state index is 12.9. The molecule has 0 aliphatic carbocycles. The van der Waals surface area contributed by atoms with E-state index in [1.165, 1.54) is 12.1 Å². The van der Waals surface area contributed by atoms with Gasteiger partial charge in [-0.2, -0.15) is 10.2 Å². The molecule has 0 heterocycles. The van der Waals surface area contributed by atoms with Gasteiger partial charge in [-0.15, -0.1) is 0 Å². The van der Waals surface area contributed by atoms with Crippen molar-refractivity contribution < 1.29 is 9.13 Å². The largest absolute Gasteiger partial charge is 0.497 e. The van der Waals surface area contributed by atoms with Crippen molar-refractivity contribution in [3.8, 4) is 5.75 Å². The zero-order valence-electron chi connectivity index (χ0n) is 12.3. The van der Waals surface area contributed by atoms with Crippen molar-refractivity contribution in [3.63, 3.8) is 0 Å². The topological polar surface area (TPSA) is 34.0 Å². The van der Waals surface area contributed by atoms with Crippen LogP contribution in [0.3, 0.4) is 0 Å². The summed E-state index contributed by atoms with van der Waals surface area (Å²) < 4.78 is 18.0. The summed E-state index contributed by atoms with van der Waals surface area (Å²) in [4.78, 5) is 0. The van der Waals surface area contributed by atoms with E-state index in [4.69, 9.17) is 4.74 Å². The van der Waals surface area contributed by atoms with Crippen LogP contribution in [0.15, 0.2) is 58.7 Å². The first-order valence-electron chi connectivity index (χ1n) is 6.59. The second-order valence-electron chi connectivity index (χ2n) is 4.61. The van der Waals surface area contributed by atoms with E-state index >= 15 is 0 Å². The number of hydrogen-bond acceptors (Lipinski definition) is 3. The van der Waals surface area contributed by atoms with E-state index < -0.39 is 0 Å². The Hall–Kier alpha value is -2.49. The van der Waals surface area contributed by atoms with Gasteiger partial charge in [-0.25, -0.2) is 4.39 Å². The third-order valence-electron chi connectivity index (χ3n) is 3.12. The lowest BCUT2D eigenvalue weighted by Gasteiger charge is -2.02. The van der Waals surface area contributed by atoms with Crippen LogP contribution in [0.5, 0.6) is 5.75 Å². The van der Waals surface area contributed by atoms with Gasteiger partial charge in [0.1, 0.15) is 11.6 Å². The van der Waals surface area contributed by atoms with E-state index in [0.717, 1.165) is 28.3 Å². The fraction of sp³-hybridized carbons (Fsp3) is 0.176. The molecule has 0 aliphatic rings. The van der Waals surface area contributed by atoms with Gasteiger partial charge in [0.05, 0.1) is 18.5 Å². The Labute approximate surface area is 123 Å². The maximum Gasteiger partial charge on any atom is 0.123 e. The summed E-state index contributed by atoms with van der Waals surface area (Å²) >= 11 is 0. The zero-order chi connectivity index (χ0) is 15.2. The number of ether oxygens (including phenoxy) is 1. The second kappa shape index (κ2) is 6.79. The van der Waals surface area contributed by atoms with Gasteiger partial charge in [-0.05, 0) is 61.4 Å².